The fourth-order valence-corrected chi connectivity index (χ4v) is 2.54. The van der Waals surface area contributed by atoms with Crippen molar-refractivity contribution >= 4 is 11.8 Å². The maximum absolute atomic E-state index is 14.0. The van der Waals surface area contributed by atoms with Gasteiger partial charge >= 0.3 is 0 Å². The lowest BCUT2D eigenvalue weighted by molar-refractivity contribution is -0.142. The van der Waals surface area contributed by atoms with Gasteiger partial charge in [-0.25, -0.2) is 4.39 Å². The van der Waals surface area contributed by atoms with E-state index in [1.54, 1.807) is 31.2 Å². The molecule has 0 bridgehead atoms. The van der Waals surface area contributed by atoms with Crippen LogP contribution >= 0.6 is 0 Å². The Morgan fingerprint density at radius 2 is 1.81 bits per heavy atom. The van der Waals surface area contributed by atoms with Gasteiger partial charge in [0.25, 0.3) is 5.91 Å². The van der Waals surface area contributed by atoms with Crippen LogP contribution in [0.4, 0.5) is 4.39 Å². The average Bonchev–Trinajstić information content (AvgIpc) is 2.65. The number of ether oxygens (including phenoxy) is 1. The number of hydrogen-bond acceptors (Lipinski definition) is 3. The van der Waals surface area contributed by atoms with Crippen molar-refractivity contribution in [1.82, 2.24) is 10.2 Å². The number of benzene rings is 2. The molecule has 0 aliphatic heterocycles. The predicted molar refractivity (Wildman–Crippen MR) is 97.2 cm³/mol. The molecule has 0 unspecified atom stereocenters. The van der Waals surface area contributed by atoms with Crippen molar-refractivity contribution in [2.24, 2.45) is 0 Å². The first-order chi connectivity index (χ1) is 12.4. The maximum atomic E-state index is 14.0. The van der Waals surface area contributed by atoms with E-state index >= 15 is 0 Å². The lowest BCUT2D eigenvalue weighted by atomic mass is 10.1. The van der Waals surface area contributed by atoms with Crippen molar-refractivity contribution in [1.29, 1.82) is 0 Å². The Balaban J connectivity index is 2.17. The number of rotatable bonds is 7. The molecule has 26 heavy (non-hydrogen) atoms. The van der Waals surface area contributed by atoms with Crippen LogP contribution in [0.1, 0.15) is 18.1 Å². The quantitative estimate of drug-likeness (QED) is 0.828. The Kier molecular flexibility index (Phi) is 6.72. The van der Waals surface area contributed by atoms with Gasteiger partial charge in [-0.2, -0.15) is 0 Å². The Labute approximate surface area is 152 Å². The predicted octanol–water partition coefficient (Wildman–Crippen LogP) is 2.68. The first-order valence-corrected chi connectivity index (χ1v) is 8.37. The van der Waals surface area contributed by atoms with Crippen LogP contribution in [0.2, 0.25) is 0 Å². The normalized spacial score (nSPS) is 11.5. The number of nitrogens with zero attached hydrogens (tertiary/aromatic N) is 1. The summed E-state index contributed by atoms with van der Waals surface area (Å²) in [6, 6.07) is 12.8. The number of amides is 2. The number of para-hydroxylation sites is 1. The zero-order valence-electron chi connectivity index (χ0n) is 15.2. The van der Waals surface area contributed by atoms with E-state index in [1.807, 2.05) is 25.1 Å². The molecule has 0 aromatic heterocycles. The van der Waals surface area contributed by atoms with Crippen molar-refractivity contribution in [2.75, 3.05) is 13.7 Å². The third-order valence-corrected chi connectivity index (χ3v) is 4.16. The summed E-state index contributed by atoms with van der Waals surface area (Å²) >= 11 is 0. The monoisotopic (exact) mass is 358 g/mol. The van der Waals surface area contributed by atoms with Gasteiger partial charge in [-0.15, -0.1) is 0 Å². The zero-order valence-corrected chi connectivity index (χ0v) is 15.2. The number of halogens is 1. The summed E-state index contributed by atoms with van der Waals surface area (Å²) < 4.78 is 19.6. The zero-order chi connectivity index (χ0) is 19.1. The molecule has 0 aliphatic carbocycles. The van der Waals surface area contributed by atoms with E-state index in [2.05, 4.69) is 5.32 Å². The smallest absolute Gasteiger partial charge is 0.261 e. The van der Waals surface area contributed by atoms with Crippen molar-refractivity contribution < 1.29 is 18.7 Å². The number of carbonyl (C=O) groups is 2. The fourth-order valence-electron chi connectivity index (χ4n) is 2.54. The van der Waals surface area contributed by atoms with Crippen molar-refractivity contribution in [3.05, 3.63) is 65.5 Å². The standard InChI is InChI=1S/C20H23FN2O3/c1-14-8-4-7-11-18(14)26-13-19(24)23(15(2)20(25)22-3)12-16-9-5-6-10-17(16)21/h4-11,15H,12-13H2,1-3H3,(H,22,25)/t15-/m1/s1. The van der Waals surface area contributed by atoms with Gasteiger partial charge in [0, 0.05) is 19.2 Å². The second kappa shape index (κ2) is 8.99. The Bertz CT molecular complexity index is 779. The highest BCUT2D eigenvalue weighted by molar-refractivity contribution is 5.87. The molecule has 0 saturated carbocycles. The molecule has 1 N–H and O–H groups in total. The summed E-state index contributed by atoms with van der Waals surface area (Å²) in [6.07, 6.45) is 0. The molecule has 6 heteroatoms. The van der Waals surface area contributed by atoms with Gasteiger partial charge in [-0.1, -0.05) is 36.4 Å². The Morgan fingerprint density at radius 1 is 1.15 bits per heavy atom. The summed E-state index contributed by atoms with van der Waals surface area (Å²) in [6.45, 7) is 3.23. The molecule has 138 valence electrons. The SMILES string of the molecule is CNC(=O)[C@@H](C)N(Cc1ccccc1F)C(=O)COc1ccccc1C. The van der Waals surface area contributed by atoms with E-state index in [9.17, 15) is 14.0 Å². The van der Waals surface area contributed by atoms with Gasteiger partial charge < -0.3 is 15.0 Å². The molecule has 0 radical (unpaired) electrons. The van der Waals surface area contributed by atoms with Crippen LogP contribution in [0.5, 0.6) is 5.75 Å². The lowest BCUT2D eigenvalue weighted by Gasteiger charge is -2.28. The van der Waals surface area contributed by atoms with E-state index in [0.29, 0.717) is 11.3 Å². The highest BCUT2D eigenvalue weighted by atomic mass is 19.1. The fraction of sp³-hybridized carbons (Fsp3) is 0.300. The molecular formula is C20H23FN2O3. The molecule has 2 aromatic rings. The molecule has 0 saturated heterocycles. The van der Waals surface area contributed by atoms with Crippen LogP contribution in [0.3, 0.4) is 0 Å². The molecular weight excluding hydrogens is 335 g/mol. The van der Waals surface area contributed by atoms with Crippen LogP contribution in [-0.2, 0) is 16.1 Å². The van der Waals surface area contributed by atoms with Crippen molar-refractivity contribution in [2.45, 2.75) is 26.4 Å². The Morgan fingerprint density at radius 3 is 2.46 bits per heavy atom. The van der Waals surface area contributed by atoms with E-state index in [1.165, 1.54) is 18.0 Å². The van der Waals surface area contributed by atoms with E-state index in [-0.39, 0.29) is 19.1 Å². The number of likely N-dealkylation sites (N-methyl/N-ethyl adjacent to an activating group) is 1. The highest BCUT2D eigenvalue weighted by Gasteiger charge is 2.26. The van der Waals surface area contributed by atoms with E-state index in [0.717, 1.165) is 5.56 Å². The van der Waals surface area contributed by atoms with Gasteiger partial charge in [-0.3, -0.25) is 9.59 Å². The van der Waals surface area contributed by atoms with Gasteiger partial charge in [0.1, 0.15) is 17.6 Å². The first kappa shape index (κ1) is 19.4. The summed E-state index contributed by atoms with van der Waals surface area (Å²) in [5.74, 6) is -0.549. The maximum Gasteiger partial charge on any atom is 0.261 e. The number of carbonyl (C=O) groups excluding carboxylic acids is 2. The third-order valence-electron chi connectivity index (χ3n) is 4.16. The second-order valence-corrected chi connectivity index (χ2v) is 5.96. The molecule has 0 spiro atoms. The summed E-state index contributed by atoms with van der Waals surface area (Å²) in [7, 11) is 1.49. The second-order valence-electron chi connectivity index (χ2n) is 5.96. The van der Waals surface area contributed by atoms with E-state index < -0.39 is 17.8 Å². The minimum absolute atomic E-state index is 0.0166. The Hall–Kier alpha value is -2.89. The van der Waals surface area contributed by atoms with Crippen LogP contribution in [0, 0.1) is 12.7 Å². The lowest BCUT2D eigenvalue weighted by Crippen LogP contribution is -2.48. The summed E-state index contributed by atoms with van der Waals surface area (Å²) in [5, 5.41) is 2.52. The number of hydrogen-bond donors (Lipinski definition) is 1. The molecule has 2 aromatic carbocycles. The van der Waals surface area contributed by atoms with Crippen LogP contribution in [0.25, 0.3) is 0 Å². The van der Waals surface area contributed by atoms with Gasteiger partial charge in [0.05, 0.1) is 0 Å². The van der Waals surface area contributed by atoms with Gasteiger partial charge in [-0.05, 0) is 31.5 Å². The van der Waals surface area contributed by atoms with E-state index in [4.69, 9.17) is 4.74 Å². The minimum atomic E-state index is -0.757. The molecule has 0 heterocycles. The molecule has 0 fully saturated rings. The largest absolute Gasteiger partial charge is 0.484 e. The topological polar surface area (TPSA) is 58.6 Å². The number of aryl methyl sites for hydroxylation is 1. The molecule has 2 rings (SSSR count). The molecule has 5 nitrogen and oxygen atoms in total. The van der Waals surface area contributed by atoms with Crippen molar-refractivity contribution in [3.8, 4) is 5.75 Å². The molecule has 2 amide bonds. The van der Waals surface area contributed by atoms with Gasteiger partial charge in [0.2, 0.25) is 5.91 Å². The minimum Gasteiger partial charge on any atom is -0.484 e. The third kappa shape index (κ3) is 4.81. The molecule has 0 aliphatic rings. The summed E-state index contributed by atoms with van der Waals surface area (Å²) in [4.78, 5) is 26.0. The van der Waals surface area contributed by atoms with Crippen LogP contribution in [0.15, 0.2) is 48.5 Å². The first-order valence-electron chi connectivity index (χ1n) is 8.37. The molecule has 1 atom stereocenters. The van der Waals surface area contributed by atoms with Gasteiger partial charge in [0.15, 0.2) is 6.61 Å². The average molecular weight is 358 g/mol. The van der Waals surface area contributed by atoms with Crippen LogP contribution in [-0.4, -0.2) is 36.4 Å². The summed E-state index contributed by atoms with van der Waals surface area (Å²) in [5.41, 5.74) is 1.24. The van der Waals surface area contributed by atoms with Crippen LogP contribution < -0.4 is 10.1 Å². The van der Waals surface area contributed by atoms with Crippen molar-refractivity contribution in [3.63, 3.8) is 0 Å². The highest BCUT2D eigenvalue weighted by Crippen LogP contribution is 2.17. The number of nitrogens with one attached hydrogen (secondary N) is 1.